The Morgan fingerprint density at radius 3 is 2.13 bits per heavy atom. The molecule has 1 atom stereocenters. The van der Waals surface area contributed by atoms with Gasteiger partial charge >= 0.3 is 0 Å². The molecule has 0 spiro atoms. The molecule has 3 aromatic rings. The van der Waals surface area contributed by atoms with Gasteiger partial charge < -0.3 is 10.2 Å². The highest BCUT2D eigenvalue weighted by Gasteiger charge is 2.29. The largest absolute Gasteiger partial charge is 0.357 e. The molecule has 4 heteroatoms. The van der Waals surface area contributed by atoms with Gasteiger partial charge in [-0.1, -0.05) is 90.0 Å². The summed E-state index contributed by atoms with van der Waals surface area (Å²) in [5, 5.41) is 2.76. The van der Waals surface area contributed by atoms with Crippen LogP contribution in [-0.2, 0) is 29.0 Å². The quantitative estimate of drug-likeness (QED) is 0.600. The van der Waals surface area contributed by atoms with Gasteiger partial charge in [0.05, 0.1) is 6.42 Å². The van der Waals surface area contributed by atoms with Gasteiger partial charge in [-0.05, 0) is 30.5 Å². The van der Waals surface area contributed by atoms with Gasteiger partial charge in [-0.25, -0.2) is 0 Å². The third kappa shape index (κ3) is 6.29. The highest BCUT2D eigenvalue weighted by Crippen LogP contribution is 2.17. The number of benzene rings is 3. The lowest BCUT2D eigenvalue weighted by Crippen LogP contribution is -2.50. The first-order chi connectivity index (χ1) is 15.0. The van der Waals surface area contributed by atoms with Crippen LogP contribution >= 0.6 is 0 Å². The predicted octanol–water partition coefficient (Wildman–Crippen LogP) is 4.23. The van der Waals surface area contributed by atoms with Crippen LogP contribution in [0.25, 0.3) is 0 Å². The minimum absolute atomic E-state index is 0.0603. The number of aryl methyl sites for hydroxylation is 2. The van der Waals surface area contributed by atoms with E-state index in [1.807, 2.05) is 86.6 Å². The first kappa shape index (κ1) is 22.3. The molecule has 4 nitrogen and oxygen atoms in total. The van der Waals surface area contributed by atoms with Gasteiger partial charge in [-0.15, -0.1) is 0 Å². The third-order valence-corrected chi connectivity index (χ3v) is 5.43. The van der Waals surface area contributed by atoms with E-state index in [0.29, 0.717) is 13.0 Å². The molecule has 0 aliphatic rings. The van der Waals surface area contributed by atoms with Gasteiger partial charge in [0.1, 0.15) is 6.04 Å². The van der Waals surface area contributed by atoms with Crippen molar-refractivity contribution in [3.05, 3.63) is 107 Å². The van der Waals surface area contributed by atoms with Crippen molar-refractivity contribution in [3.63, 3.8) is 0 Å². The van der Waals surface area contributed by atoms with Crippen molar-refractivity contribution < 1.29 is 9.59 Å². The van der Waals surface area contributed by atoms with Crippen LogP contribution in [0.15, 0.2) is 78.9 Å². The van der Waals surface area contributed by atoms with Crippen molar-refractivity contribution >= 4 is 11.8 Å². The van der Waals surface area contributed by atoms with Crippen LogP contribution in [0.1, 0.15) is 27.8 Å². The van der Waals surface area contributed by atoms with Gasteiger partial charge in [0.15, 0.2) is 0 Å². The second-order valence-corrected chi connectivity index (χ2v) is 7.99. The number of nitrogens with zero attached hydrogens (tertiary/aromatic N) is 1. The zero-order valence-electron chi connectivity index (χ0n) is 18.5. The number of likely N-dealkylation sites (N-methyl/N-ethyl adjacent to an activating group) is 1. The molecule has 0 fully saturated rings. The number of hydrogen-bond acceptors (Lipinski definition) is 2. The highest BCUT2D eigenvalue weighted by atomic mass is 16.2. The second-order valence-electron chi connectivity index (χ2n) is 7.99. The number of rotatable bonds is 8. The van der Waals surface area contributed by atoms with Crippen LogP contribution in [0, 0.1) is 13.8 Å². The average molecular weight is 415 g/mol. The van der Waals surface area contributed by atoms with E-state index in [9.17, 15) is 9.59 Å². The van der Waals surface area contributed by atoms with Gasteiger partial charge in [-0.2, -0.15) is 0 Å². The molecule has 1 N–H and O–H groups in total. The summed E-state index contributed by atoms with van der Waals surface area (Å²) in [5.41, 5.74) is 5.26. The molecule has 3 rings (SSSR count). The summed E-state index contributed by atoms with van der Waals surface area (Å²) in [5.74, 6) is -0.219. The van der Waals surface area contributed by atoms with Crippen molar-refractivity contribution in [3.8, 4) is 0 Å². The Morgan fingerprint density at radius 2 is 1.48 bits per heavy atom. The Hall–Kier alpha value is -3.40. The zero-order valence-corrected chi connectivity index (χ0v) is 18.5. The van der Waals surface area contributed by atoms with E-state index in [1.165, 1.54) is 0 Å². The van der Waals surface area contributed by atoms with E-state index in [0.717, 1.165) is 27.8 Å². The Kier molecular flexibility index (Phi) is 7.60. The molecule has 0 saturated carbocycles. The van der Waals surface area contributed by atoms with Crippen LogP contribution in [0.2, 0.25) is 0 Å². The molecule has 3 aromatic carbocycles. The summed E-state index contributed by atoms with van der Waals surface area (Å²) in [6.45, 7) is 4.44. The lowest BCUT2D eigenvalue weighted by molar-refractivity contribution is -0.140. The van der Waals surface area contributed by atoms with Crippen molar-refractivity contribution in [2.45, 2.75) is 39.3 Å². The van der Waals surface area contributed by atoms with Crippen LogP contribution in [0.4, 0.5) is 0 Å². The molecular formula is C27H30N2O2. The van der Waals surface area contributed by atoms with E-state index >= 15 is 0 Å². The van der Waals surface area contributed by atoms with E-state index < -0.39 is 6.04 Å². The normalized spacial score (nSPS) is 11.6. The van der Waals surface area contributed by atoms with Crippen LogP contribution in [-0.4, -0.2) is 29.8 Å². The fraction of sp³-hybridized carbons (Fsp3) is 0.259. The van der Waals surface area contributed by atoms with E-state index in [1.54, 1.807) is 11.9 Å². The lowest BCUT2D eigenvalue weighted by Gasteiger charge is -2.31. The topological polar surface area (TPSA) is 49.4 Å². The summed E-state index contributed by atoms with van der Waals surface area (Å²) in [6.07, 6.45) is 0.723. The standard InChI is InChI=1S/C27H30N2O2/c1-20-12-14-23(15-13-20)18-26(30)29(19-24-11-7-8-21(2)16-24)25(27(31)28-3)17-22-9-5-4-6-10-22/h4-16,25H,17-19H2,1-3H3,(H,28,31)/t25-/m0/s1. The molecule has 0 saturated heterocycles. The smallest absolute Gasteiger partial charge is 0.242 e. The maximum Gasteiger partial charge on any atom is 0.242 e. The molecule has 0 aliphatic carbocycles. The first-order valence-electron chi connectivity index (χ1n) is 10.6. The van der Waals surface area contributed by atoms with Crippen LogP contribution < -0.4 is 5.32 Å². The number of carbonyl (C=O) groups is 2. The second kappa shape index (κ2) is 10.6. The van der Waals surface area contributed by atoms with Crippen molar-refractivity contribution in [1.82, 2.24) is 10.2 Å². The molecule has 0 aromatic heterocycles. The summed E-state index contributed by atoms with van der Waals surface area (Å²) >= 11 is 0. The Morgan fingerprint density at radius 1 is 0.806 bits per heavy atom. The van der Waals surface area contributed by atoms with Gasteiger partial charge in [0, 0.05) is 20.0 Å². The minimum Gasteiger partial charge on any atom is -0.357 e. The summed E-state index contributed by atoms with van der Waals surface area (Å²) in [7, 11) is 1.62. The Bertz CT molecular complexity index is 1010. The zero-order chi connectivity index (χ0) is 22.2. The maximum absolute atomic E-state index is 13.5. The first-order valence-corrected chi connectivity index (χ1v) is 10.6. The van der Waals surface area contributed by atoms with Crippen LogP contribution in [0.5, 0.6) is 0 Å². The predicted molar refractivity (Wildman–Crippen MR) is 125 cm³/mol. The summed E-state index contributed by atoms with van der Waals surface area (Å²) in [4.78, 5) is 28.1. The number of hydrogen-bond donors (Lipinski definition) is 1. The molecule has 0 radical (unpaired) electrons. The molecule has 0 heterocycles. The molecule has 2 amide bonds. The summed E-state index contributed by atoms with van der Waals surface area (Å²) < 4.78 is 0. The Labute approximate surface area is 184 Å². The SMILES string of the molecule is CNC(=O)[C@H](Cc1ccccc1)N(Cc1cccc(C)c1)C(=O)Cc1ccc(C)cc1. The van der Waals surface area contributed by atoms with Crippen LogP contribution in [0.3, 0.4) is 0 Å². The molecule has 31 heavy (non-hydrogen) atoms. The van der Waals surface area contributed by atoms with Crippen molar-refractivity contribution in [2.75, 3.05) is 7.05 Å². The molecule has 0 aliphatic heterocycles. The van der Waals surface area contributed by atoms with Gasteiger partial charge in [-0.3, -0.25) is 9.59 Å². The lowest BCUT2D eigenvalue weighted by atomic mass is 10.0. The van der Waals surface area contributed by atoms with Gasteiger partial charge in [0.25, 0.3) is 0 Å². The minimum atomic E-state index is -0.592. The molecule has 0 bridgehead atoms. The van der Waals surface area contributed by atoms with Crippen molar-refractivity contribution in [2.24, 2.45) is 0 Å². The van der Waals surface area contributed by atoms with E-state index in [-0.39, 0.29) is 18.2 Å². The van der Waals surface area contributed by atoms with Crippen molar-refractivity contribution in [1.29, 1.82) is 0 Å². The molecular weight excluding hydrogens is 384 g/mol. The third-order valence-electron chi connectivity index (χ3n) is 5.43. The highest BCUT2D eigenvalue weighted by molar-refractivity contribution is 5.88. The number of nitrogens with one attached hydrogen (secondary N) is 1. The fourth-order valence-corrected chi connectivity index (χ4v) is 3.71. The number of carbonyl (C=O) groups excluding carboxylic acids is 2. The van der Waals surface area contributed by atoms with E-state index in [4.69, 9.17) is 0 Å². The molecule has 0 unspecified atom stereocenters. The number of amides is 2. The Balaban J connectivity index is 1.93. The maximum atomic E-state index is 13.5. The summed E-state index contributed by atoms with van der Waals surface area (Å²) in [6, 6.07) is 25.3. The average Bonchev–Trinajstić information content (AvgIpc) is 2.78. The van der Waals surface area contributed by atoms with Gasteiger partial charge in [0.2, 0.25) is 11.8 Å². The fourth-order valence-electron chi connectivity index (χ4n) is 3.71. The monoisotopic (exact) mass is 414 g/mol. The molecule has 160 valence electrons. The van der Waals surface area contributed by atoms with E-state index in [2.05, 4.69) is 11.4 Å².